The van der Waals surface area contributed by atoms with Gasteiger partial charge in [-0.2, -0.15) is 0 Å². The first kappa shape index (κ1) is 29.6. The number of hydrogen-bond acceptors (Lipinski definition) is 10. The summed E-state index contributed by atoms with van der Waals surface area (Å²) in [6.45, 7) is 8.91. The molecular weight excluding hydrogens is 534 g/mol. The van der Waals surface area contributed by atoms with Crippen LogP contribution < -0.4 is 14.8 Å². The Labute approximate surface area is 237 Å². The number of hydrogen-bond donors (Lipinski definition) is 1. The number of nitrogens with zero attached hydrogens (tertiary/aromatic N) is 2. The Balaban J connectivity index is 1.65. The smallest absolute Gasteiger partial charge is 0.411 e. The number of likely N-dealkylation sites (tertiary alicyclic amines) is 1. The summed E-state index contributed by atoms with van der Waals surface area (Å²) in [6.07, 6.45) is 0.656. The topological polar surface area (TPSA) is 143 Å². The molecule has 2 amide bonds. The van der Waals surface area contributed by atoms with E-state index in [0.717, 1.165) is 0 Å². The maximum atomic E-state index is 13.6. The molecule has 12 nitrogen and oxygen atoms in total. The molecule has 220 valence electrons. The van der Waals surface area contributed by atoms with Crippen molar-refractivity contribution in [1.82, 2.24) is 15.2 Å². The molecule has 1 saturated heterocycles. The van der Waals surface area contributed by atoms with Crippen molar-refractivity contribution in [3.63, 3.8) is 0 Å². The molecule has 0 radical (unpaired) electrons. The van der Waals surface area contributed by atoms with Crippen LogP contribution in [0.1, 0.15) is 44.1 Å². The van der Waals surface area contributed by atoms with E-state index in [1.165, 1.54) is 32.3 Å². The van der Waals surface area contributed by atoms with Crippen LogP contribution in [0.4, 0.5) is 4.79 Å². The van der Waals surface area contributed by atoms with Crippen LogP contribution in [0.15, 0.2) is 36.9 Å². The van der Waals surface area contributed by atoms with Crippen LogP contribution in [0.2, 0.25) is 0 Å². The number of esters is 2. The Morgan fingerprint density at radius 1 is 1.12 bits per heavy atom. The molecule has 0 unspecified atom stereocenters. The molecule has 41 heavy (non-hydrogen) atoms. The van der Waals surface area contributed by atoms with E-state index in [0.29, 0.717) is 28.8 Å². The lowest BCUT2D eigenvalue weighted by Gasteiger charge is -2.28. The van der Waals surface area contributed by atoms with Gasteiger partial charge in [0.25, 0.3) is 0 Å². The van der Waals surface area contributed by atoms with E-state index in [4.69, 9.17) is 23.7 Å². The van der Waals surface area contributed by atoms with E-state index in [2.05, 4.69) is 16.9 Å². The Kier molecular flexibility index (Phi) is 8.14. The molecule has 0 bridgehead atoms. The minimum Gasteiger partial charge on any atom is -0.497 e. The number of methoxy groups -OCH3 is 3. The third kappa shape index (κ3) is 6.06. The number of carbonyl (C=O) groups excluding carboxylic acids is 4. The van der Waals surface area contributed by atoms with Gasteiger partial charge in [-0.3, -0.25) is 9.69 Å². The van der Waals surface area contributed by atoms with Crippen molar-refractivity contribution in [3.05, 3.63) is 42.6 Å². The molecule has 4 rings (SSSR count). The second-order valence-corrected chi connectivity index (χ2v) is 11.0. The number of nitrogens with one attached hydrogen (secondary N) is 1. The average Bonchev–Trinajstić information content (AvgIpc) is 3.48. The SMILES string of the molecule is C=C[C@H]1C[C@]1(NC(=O)[C@@H]1C[C@@H](Oc2cc(C(=O)OC)nc3cc(OC)ccc23)CN1C(=O)OC(C)(C)C)C(=O)OC. The molecule has 1 aromatic heterocycles. The van der Waals surface area contributed by atoms with E-state index in [1.54, 1.807) is 45.0 Å². The van der Waals surface area contributed by atoms with Gasteiger partial charge >= 0.3 is 18.0 Å². The summed E-state index contributed by atoms with van der Waals surface area (Å²) in [6, 6.07) is 5.58. The third-order valence-electron chi connectivity index (χ3n) is 7.06. The highest BCUT2D eigenvalue weighted by molar-refractivity contribution is 5.96. The van der Waals surface area contributed by atoms with Gasteiger partial charge in [0, 0.05) is 29.9 Å². The van der Waals surface area contributed by atoms with Crippen LogP contribution in [0.3, 0.4) is 0 Å². The zero-order valence-electron chi connectivity index (χ0n) is 24.0. The predicted molar refractivity (Wildman–Crippen MR) is 147 cm³/mol. The fourth-order valence-corrected chi connectivity index (χ4v) is 4.93. The van der Waals surface area contributed by atoms with E-state index < -0.39 is 47.2 Å². The summed E-state index contributed by atoms with van der Waals surface area (Å²) in [5.74, 6) is -1.24. The zero-order chi connectivity index (χ0) is 30.1. The van der Waals surface area contributed by atoms with Crippen molar-refractivity contribution in [1.29, 1.82) is 0 Å². The number of ether oxygens (including phenoxy) is 5. The Hall–Kier alpha value is -4.35. The summed E-state index contributed by atoms with van der Waals surface area (Å²) in [4.78, 5) is 57.3. The van der Waals surface area contributed by atoms with Crippen LogP contribution in [0.5, 0.6) is 11.5 Å². The molecule has 2 aliphatic rings. The minimum absolute atomic E-state index is 0.0106. The number of amides is 2. The lowest BCUT2D eigenvalue weighted by Crippen LogP contribution is -2.53. The Bertz CT molecular complexity index is 1390. The summed E-state index contributed by atoms with van der Waals surface area (Å²) in [5, 5.41) is 3.38. The lowest BCUT2D eigenvalue weighted by molar-refractivity contribution is -0.147. The highest BCUT2D eigenvalue weighted by Gasteiger charge is 2.62. The number of fused-ring (bicyclic) bond motifs is 1. The maximum Gasteiger partial charge on any atom is 0.411 e. The lowest BCUT2D eigenvalue weighted by atomic mass is 10.1. The number of rotatable bonds is 8. The molecule has 1 aliphatic carbocycles. The summed E-state index contributed by atoms with van der Waals surface area (Å²) >= 11 is 0. The van der Waals surface area contributed by atoms with Crippen molar-refractivity contribution >= 4 is 34.8 Å². The maximum absolute atomic E-state index is 13.6. The fraction of sp³-hybridized carbons (Fsp3) is 0.483. The van der Waals surface area contributed by atoms with Crippen molar-refractivity contribution in [2.45, 2.75) is 56.9 Å². The van der Waals surface area contributed by atoms with Gasteiger partial charge in [0.05, 0.1) is 33.4 Å². The molecule has 4 atom stereocenters. The second-order valence-electron chi connectivity index (χ2n) is 11.0. The van der Waals surface area contributed by atoms with Crippen LogP contribution in [0, 0.1) is 5.92 Å². The van der Waals surface area contributed by atoms with Gasteiger partial charge in [-0.05, 0) is 39.3 Å². The molecule has 1 aliphatic heterocycles. The molecule has 1 saturated carbocycles. The Morgan fingerprint density at radius 3 is 2.44 bits per heavy atom. The molecular formula is C29H35N3O9. The van der Waals surface area contributed by atoms with Crippen LogP contribution in [0.25, 0.3) is 10.9 Å². The van der Waals surface area contributed by atoms with Gasteiger partial charge in [0.2, 0.25) is 5.91 Å². The van der Waals surface area contributed by atoms with Gasteiger partial charge in [0.1, 0.15) is 34.8 Å². The van der Waals surface area contributed by atoms with E-state index in [9.17, 15) is 19.2 Å². The van der Waals surface area contributed by atoms with Crippen molar-refractivity contribution in [3.8, 4) is 11.5 Å². The normalized spacial score (nSPS) is 23.4. The van der Waals surface area contributed by atoms with Crippen molar-refractivity contribution < 1.29 is 42.9 Å². The molecule has 1 N–H and O–H groups in total. The molecule has 2 fully saturated rings. The van der Waals surface area contributed by atoms with Crippen LogP contribution in [-0.4, -0.2) is 85.0 Å². The number of pyridine rings is 1. The highest BCUT2D eigenvalue weighted by Crippen LogP contribution is 2.45. The predicted octanol–water partition coefficient (Wildman–Crippen LogP) is 3.02. The van der Waals surface area contributed by atoms with E-state index in [1.807, 2.05) is 0 Å². The monoisotopic (exact) mass is 569 g/mol. The quantitative estimate of drug-likeness (QED) is 0.286. The number of aromatic nitrogens is 1. The standard InChI is InChI=1S/C29H35N3O9/c1-8-16-14-29(16,26(35)39-7)31-24(33)22-12-18(15-32(22)27(36)41-28(2,3)4)40-23-13-21(25(34)38-6)30-20-11-17(37-5)9-10-19(20)23/h8-11,13,16,18,22H,1,12,14-15H2,2-7H3,(H,31,33)/t16-,18+,22-,29+/m0/s1. The first-order valence-electron chi connectivity index (χ1n) is 13.1. The molecule has 0 spiro atoms. The average molecular weight is 570 g/mol. The highest BCUT2D eigenvalue weighted by atomic mass is 16.6. The first-order chi connectivity index (χ1) is 19.3. The van der Waals surface area contributed by atoms with Gasteiger partial charge in [0.15, 0.2) is 5.69 Å². The van der Waals surface area contributed by atoms with Gasteiger partial charge in [-0.1, -0.05) is 6.08 Å². The first-order valence-corrected chi connectivity index (χ1v) is 13.1. The van der Waals surface area contributed by atoms with Crippen molar-refractivity contribution in [2.24, 2.45) is 5.92 Å². The van der Waals surface area contributed by atoms with Gasteiger partial charge < -0.3 is 29.0 Å². The molecule has 12 heteroatoms. The molecule has 1 aromatic carbocycles. The zero-order valence-corrected chi connectivity index (χ0v) is 24.0. The largest absolute Gasteiger partial charge is 0.497 e. The minimum atomic E-state index is -1.23. The van der Waals surface area contributed by atoms with Crippen LogP contribution in [-0.2, 0) is 23.8 Å². The number of carbonyl (C=O) groups is 4. The van der Waals surface area contributed by atoms with Crippen molar-refractivity contribution in [2.75, 3.05) is 27.9 Å². The summed E-state index contributed by atoms with van der Waals surface area (Å²) < 4.78 is 27.0. The summed E-state index contributed by atoms with van der Waals surface area (Å²) in [7, 11) is 4.01. The Morgan fingerprint density at radius 2 is 1.85 bits per heavy atom. The second kappa shape index (κ2) is 11.3. The van der Waals surface area contributed by atoms with E-state index in [-0.39, 0.29) is 24.6 Å². The third-order valence-corrected chi connectivity index (χ3v) is 7.06. The van der Waals surface area contributed by atoms with Gasteiger partial charge in [-0.15, -0.1) is 6.58 Å². The van der Waals surface area contributed by atoms with E-state index >= 15 is 0 Å². The molecule has 2 heterocycles. The fourth-order valence-electron chi connectivity index (χ4n) is 4.93. The van der Waals surface area contributed by atoms with Gasteiger partial charge in [-0.25, -0.2) is 19.4 Å². The van der Waals surface area contributed by atoms with Crippen LogP contribution >= 0.6 is 0 Å². The number of benzene rings is 1. The molecule has 2 aromatic rings. The summed E-state index contributed by atoms with van der Waals surface area (Å²) in [5.41, 5.74) is -1.60.